The standard InChI is InChI=1S/C13H12N4/c1-9-11(14)7-8-12-15-13(16-17(9)12)10-5-3-2-4-6-10/h2-8H,14H2,1H3. The molecule has 0 radical (unpaired) electrons. The average molecular weight is 224 g/mol. The summed E-state index contributed by atoms with van der Waals surface area (Å²) >= 11 is 0. The molecule has 3 rings (SSSR count). The molecule has 0 amide bonds. The minimum absolute atomic E-state index is 0.722. The van der Waals surface area contributed by atoms with Gasteiger partial charge in [0.1, 0.15) is 0 Å². The fourth-order valence-corrected chi connectivity index (χ4v) is 1.80. The summed E-state index contributed by atoms with van der Waals surface area (Å²) in [5.41, 5.74) is 9.31. The quantitative estimate of drug-likeness (QED) is 0.690. The average Bonchev–Trinajstić information content (AvgIpc) is 2.80. The molecule has 0 saturated heterocycles. The van der Waals surface area contributed by atoms with Crippen LogP contribution in [0.5, 0.6) is 0 Å². The fourth-order valence-electron chi connectivity index (χ4n) is 1.80. The van der Waals surface area contributed by atoms with Gasteiger partial charge in [-0.3, -0.25) is 0 Å². The number of nitrogens with zero attached hydrogens (tertiary/aromatic N) is 3. The first-order valence-electron chi connectivity index (χ1n) is 5.43. The first-order valence-corrected chi connectivity index (χ1v) is 5.43. The number of benzene rings is 1. The topological polar surface area (TPSA) is 56.2 Å². The van der Waals surface area contributed by atoms with E-state index in [9.17, 15) is 0 Å². The van der Waals surface area contributed by atoms with Crippen LogP contribution in [0.15, 0.2) is 42.5 Å². The van der Waals surface area contributed by atoms with Gasteiger partial charge < -0.3 is 5.73 Å². The van der Waals surface area contributed by atoms with Crippen LogP contribution in [0, 0.1) is 6.92 Å². The minimum Gasteiger partial charge on any atom is -0.397 e. The Hall–Kier alpha value is -2.36. The number of aromatic nitrogens is 3. The van der Waals surface area contributed by atoms with Gasteiger partial charge in [-0.1, -0.05) is 30.3 Å². The van der Waals surface area contributed by atoms with E-state index >= 15 is 0 Å². The lowest BCUT2D eigenvalue weighted by Gasteiger charge is -2.00. The van der Waals surface area contributed by atoms with Crippen molar-refractivity contribution < 1.29 is 0 Å². The van der Waals surface area contributed by atoms with E-state index in [4.69, 9.17) is 5.73 Å². The van der Waals surface area contributed by atoms with E-state index in [1.54, 1.807) is 4.52 Å². The van der Waals surface area contributed by atoms with Gasteiger partial charge in [-0.25, -0.2) is 9.50 Å². The number of fused-ring (bicyclic) bond motifs is 1. The fraction of sp³-hybridized carbons (Fsp3) is 0.0769. The number of hydrogen-bond acceptors (Lipinski definition) is 3. The summed E-state index contributed by atoms with van der Waals surface area (Å²) in [4.78, 5) is 4.48. The van der Waals surface area contributed by atoms with Crippen molar-refractivity contribution >= 4 is 11.3 Å². The molecule has 2 aromatic heterocycles. The molecule has 1 aromatic carbocycles. The summed E-state index contributed by atoms with van der Waals surface area (Å²) in [5, 5.41) is 4.47. The van der Waals surface area contributed by atoms with E-state index in [0.29, 0.717) is 0 Å². The predicted molar refractivity (Wildman–Crippen MR) is 67.6 cm³/mol. The third kappa shape index (κ3) is 1.54. The maximum atomic E-state index is 5.85. The van der Waals surface area contributed by atoms with E-state index in [1.165, 1.54) is 0 Å². The number of pyridine rings is 1. The van der Waals surface area contributed by atoms with Gasteiger partial charge in [-0.2, -0.15) is 0 Å². The Labute approximate surface area is 98.7 Å². The smallest absolute Gasteiger partial charge is 0.182 e. The second-order valence-corrected chi connectivity index (χ2v) is 3.95. The lowest BCUT2D eigenvalue weighted by atomic mass is 10.2. The molecular weight excluding hydrogens is 212 g/mol. The first kappa shape index (κ1) is 9.84. The van der Waals surface area contributed by atoms with E-state index in [2.05, 4.69) is 10.1 Å². The molecule has 0 saturated carbocycles. The third-order valence-corrected chi connectivity index (χ3v) is 2.81. The zero-order valence-corrected chi connectivity index (χ0v) is 9.46. The molecule has 0 bridgehead atoms. The highest BCUT2D eigenvalue weighted by Gasteiger charge is 2.08. The van der Waals surface area contributed by atoms with Gasteiger partial charge in [0, 0.05) is 5.56 Å². The van der Waals surface area contributed by atoms with Crippen molar-refractivity contribution in [3.63, 3.8) is 0 Å². The van der Waals surface area contributed by atoms with Crippen LogP contribution < -0.4 is 5.73 Å². The Morgan fingerprint density at radius 3 is 2.59 bits per heavy atom. The first-order chi connectivity index (χ1) is 8.25. The van der Waals surface area contributed by atoms with Crippen LogP contribution in [0.2, 0.25) is 0 Å². The van der Waals surface area contributed by atoms with Crippen LogP contribution in [-0.2, 0) is 0 Å². The van der Waals surface area contributed by atoms with Crippen LogP contribution in [0.4, 0.5) is 5.69 Å². The molecule has 0 spiro atoms. The van der Waals surface area contributed by atoms with Gasteiger partial charge in [0.15, 0.2) is 11.5 Å². The van der Waals surface area contributed by atoms with Crippen LogP contribution >= 0.6 is 0 Å². The summed E-state index contributed by atoms with van der Waals surface area (Å²) in [6, 6.07) is 13.6. The maximum absolute atomic E-state index is 5.85. The number of nitrogens with two attached hydrogens (primary N) is 1. The van der Waals surface area contributed by atoms with Crippen LogP contribution in [0.3, 0.4) is 0 Å². The molecule has 2 N–H and O–H groups in total. The van der Waals surface area contributed by atoms with E-state index in [1.807, 2.05) is 49.4 Å². The second kappa shape index (κ2) is 3.59. The lowest BCUT2D eigenvalue weighted by Crippen LogP contribution is -1.98. The van der Waals surface area contributed by atoms with E-state index < -0.39 is 0 Å². The van der Waals surface area contributed by atoms with E-state index in [0.717, 1.165) is 28.4 Å². The molecule has 0 atom stereocenters. The lowest BCUT2D eigenvalue weighted by molar-refractivity contribution is 0.922. The summed E-state index contributed by atoms with van der Waals surface area (Å²) < 4.78 is 1.78. The SMILES string of the molecule is Cc1c(N)ccc2nc(-c3ccccc3)nn12. The zero-order chi connectivity index (χ0) is 11.8. The normalized spacial score (nSPS) is 10.9. The van der Waals surface area contributed by atoms with Crippen molar-refractivity contribution in [2.75, 3.05) is 5.73 Å². The molecule has 4 nitrogen and oxygen atoms in total. The van der Waals surface area contributed by atoms with Crippen LogP contribution in [0.1, 0.15) is 5.69 Å². The molecular formula is C13H12N4. The van der Waals surface area contributed by atoms with Gasteiger partial charge in [-0.15, -0.1) is 5.10 Å². The van der Waals surface area contributed by atoms with Crippen LogP contribution in [0.25, 0.3) is 17.0 Å². The van der Waals surface area contributed by atoms with Crippen molar-refractivity contribution in [2.24, 2.45) is 0 Å². The molecule has 0 unspecified atom stereocenters. The number of aryl methyl sites for hydroxylation is 1. The van der Waals surface area contributed by atoms with Gasteiger partial charge in [0.25, 0.3) is 0 Å². The Kier molecular flexibility index (Phi) is 2.08. The second-order valence-electron chi connectivity index (χ2n) is 3.95. The Balaban J connectivity index is 2.24. The Morgan fingerprint density at radius 2 is 1.82 bits per heavy atom. The molecule has 0 aliphatic rings. The summed E-state index contributed by atoms with van der Waals surface area (Å²) in [5.74, 6) is 0.722. The summed E-state index contributed by atoms with van der Waals surface area (Å²) in [6.07, 6.45) is 0. The van der Waals surface area contributed by atoms with E-state index in [-0.39, 0.29) is 0 Å². The summed E-state index contributed by atoms with van der Waals surface area (Å²) in [7, 11) is 0. The molecule has 2 heterocycles. The molecule has 0 aliphatic carbocycles. The van der Waals surface area contributed by atoms with Crippen molar-refractivity contribution in [2.45, 2.75) is 6.92 Å². The van der Waals surface area contributed by atoms with Gasteiger partial charge in [0.05, 0.1) is 11.4 Å². The highest BCUT2D eigenvalue weighted by molar-refractivity contribution is 5.60. The van der Waals surface area contributed by atoms with Crippen molar-refractivity contribution in [3.05, 3.63) is 48.2 Å². The molecule has 17 heavy (non-hydrogen) atoms. The van der Waals surface area contributed by atoms with Crippen molar-refractivity contribution in [3.8, 4) is 11.4 Å². The highest BCUT2D eigenvalue weighted by Crippen LogP contribution is 2.18. The maximum Gasteiger partial charge on any atom is 0.182 e. The van der Waals surface area contributed by atoms with Gasteiger partial charge in [0.2, 0.25) is 0 Å². The number of anilines is 1. The monoisotopic (exact) mass is 224 g/mol. The van der Waals surface area contributed by atoms with Crippen molar-refractivity contribution in [1.82, 2.24) is 14.6 Å². The van der Waals surface area contributed by atoms with Gasteiger partial charge in [-0.05, 0) is 19.1 Å². The Bertz CT molecular complexity index is 670. The largest absolute Gasteiger partial charge is 0.397 e. The molecule has 3 aromatic rings. The summed E-state index contributed by atoms with van der Waals surface area (Å²) in [6.45, 7) is 1.94. The zero-order valence-electron chi connectivity index (χ0n) is 9.46. The van der Waals surface area contributed by atoms with Crippen LogP contribution in [-0.4, -0.2) is 14.6 Å². The van der Waals surface area contributed by atoms with Gasteiger partial charge >= 0.3 is 0 Å². The molecule has 84 valence electrons. The number of rotatable bonds is 1. The Morgan fingerprint density at radius 1 is 1.06 bits per heavy atom. The number of hydrogen-bond donors (Lipinski definition) is 1. The highest BCUT2D eigenvalue weighted by atomic mass is 15.3. The van der Waals surface area contributed by atoms with Crippen molar-refractivity contribution in [1.29, 1.82) is 0 Å². The molecule has 0 aliphatic heterocycles. The minimum atomic E-state index is 0.722. The third-order valence-electron chi connectivity index (χ3n) is 2.81. The number of nitrogen functional groups attached to an aromatic ring is 1. The predicted octanol–water partition coefficient (Wildman–Crippen LogP) is 2.29. The molecule has 4 heteroatoms. The molecule has 0 fully saturated rings.